The van der Waals surface area contributed by atoms with Crippen molar-refractivity contribution in [2.45, 2.75) is 20.0 Å². The van der Waals surface area contributed by atoms with Gasteiger partial charge in [0.25, 0.3) is 5.91 Å². The number of para-hydroxylation sites is 2. The number of hydrogen-bond donors (Lipinski definition) is 1. The number of ether oxygens (including phenoxy) is 2. The molecule has 0 saturated carbocycles. The first kappa shape index (κ1) is 21.3. The highest BCUT2D eigenvalue weighted by atomic mass is 19.4. The number of carbonyl (C=O) groups is 1. The molecule has 0 fully saturated rings. The molecule has 1 aromatic heterocycles. The van der Waals surface area contributed by atoms with Crippen LogP contribution < -0.4 is 14.8 Å². The molecule has 0 radical (unpaired) electrons. The predicted molar refractivity (Wildman–Crippen MR) is 108 cm³/mol. The molecule has 0 aliphatic carbocycles. The molecule has 3 rings (SSSR count). The fourth-order valence-corrected chi connectivity index (χ4v) is 3.17. The monoisotopic (exact) mass is 418 g/mol. The number of aromatic nitrogens is 1. The topological polar surface area (TPSA) is 52.5 Å². The van der Waals surface area contributed by atoms with E-state index in [4.69, 9.17) is 9.47 Å². The quantitative estimate of drug-likeness (QED) is 0.591. The Labute approximate surface area is 172 Å². The van der Waals surface area contributed by atoms with Gasteiger partial charge in [-0.15, -0.1) is 0 Å². The van der Waals surface area contributed by atoms with Crippen LogP contribution in [0.5, 0.6) is 11.5 Å². The Hall–Kier alpha value is -3.42. The molecule has 2 aromatic carbocycles. The van der Waals surface area contributed by atoms with Crippen LogP contribution in [0.1, 0.15) is 21.7 Å². The maximum Gasteiger partial charge on any atom is 0.422 e. The highest BCUT2D eigenvalue weighted by Gasteiger charge is 2.29. The number of nitrogens with one attached hydrogen (secondary N) is 1. The molecule has 0 atom stereocenters. The van der Waals surface area contributed by atoms with Gasteiger partial charge in [0.2, 0.25) is 0 Å². The second-order valence-corrected chi connectivity index (χ2v) is 6.67. The Morgan fingerprint density at radius 3 is 2.37 bits per heavy atom. The van der Waals surface area contributed by atoms with E-state index in [1.165, 1.54) is 18.2 Å². The third-order valence-electron chi connectivity index (χ3n) is 4.53. The lowest BCUT2D eigenvalue weighted by Crippen LogP contribution is -2.20. The highest BCUT2D eigenvalue weighted by molar-refractivity contribution is 6.06. The fourth-order valence-electron chi connectivity index (χ4n) is 3.17. The Bertz CT molecular complexity index is 1040. The van der Waals surface area contributed by atoms with E-state index in [1.54, 1.807) is 26.2 Å². The Balaban J connectivity index is 1.85. The minimum Gasteiger partial charge on any atom is -0.497 e. The van der Waals surface area contributed by atoms with Crippen molar-refractivity contribution in [1.29, 1.82) is 0 Å². The molecule has 5 nitrogen and oxygen atoms in total. The summed E-state index contributed by atoms with van der Waals surface area (Å²) in [6.45, 7) is 2.23. The van der Waals surface area contributed by atoms with E-state index in [0.29, 0.717) is 11.3 Å². The number of nitrogens with zero attached hydrogens (tertiary/aromatic N) is 1. The molecule has 1 amide bonds. The minimum atomic E-state index is -4.47. The van der Waals surface area contributed by atoms with Crippen molar-refractivity contribution in [3.8, 4) is 17.2 Å². The molecule has 0 spiro atoms. The lowest BCUT2D eigenvalue weighted by Gasteiger charge is -2.14. The molecule has 0 aliphatic heterocycles. The van der Waals surface area contributed by atoms with Gasteiger partial charge in [-0.05, 0) is 56.3 Å². The van der Waals surface area contributed by atoms with Gasteiger partial charge in [-0.1, -0.05) is 12.1 Å². The molecule has 1 heterocycles. The molecule has 0 unspecified atom stereocenters. The number of rotatable bonds is 6. The van der Waals surface area contributed by atoms with Crippen LogP contribution in [0.3, 0.4) is 0 Å². The van der Waals surface area contributed by atoms with Crippen LogP contribution in [0.4, 0.5) is 18.9 Å². The summed E-state index contributed by atoms with van der Waals surface area (Å²) in [6.07, 6.45) is -4.47. The predicted octanol–water partition coefficient (Wildman–Crippen LogP) is 5.30. The average Bonchev–Trinajstić information content (AvgIpc) is 3.01. The second-order valence-electron chi connectivity index (χ2n) is 6.67. The van der Waals surface area contributed by atoms with Gasteiger partial charge in [-0.2, -0.15) is 13.2 Å². The van der Waals surface area contributed by atoms with Crippen molar-refractivity contribution in [2.75, 3.05) is 19.0 Å². The zero-order chi connectivity index (χ0) is 21.9. The number of hydrogen-bond acceptors (Lipinski definition) is 3. The second kappa shape index (κ2) is 8.52. The van der Waals surface area contributed by atoms with Crippen LogP contribution in [-0.2, 0) is 0 Å². The maximum absolute atomic E-state index is 12.9. The molecule has 0 aliphatic rings. The number of benzene rings is 2. The van der Waals surface area contributed by atoms with Crippen molar-refractivity contribution in [3.05, 3.63) is 71.5 Å². The first-order valence-electron chi connectivity index (χ1n) is 9.13. The van der Waals surface area contributed by atoms with Crippen LogP contribution in [0.25, 0.3) is 5.69 Å². The standard InChI is InChI=1S/C22H21F3N2O3/c1-14-12-18(15(2)27(14)16-8-10-17(29-3)11-9-16)21(28)26-19-6-4-5-7-20(19)30-13-22(23,24)25/h4-12H,13H2,1-3H3,(H,26,28). The number of anilines is 1. The summed E-state index contributed by atoms with van der Waals surface area (Å²) in [5.41, 5.74) is 2.97. The number of carbonyl (C=O) groups excluding carboxylic acids is 1. The molecule has 158 valence electrons. The Kier molecular flexibility index (Phi) is 6.05. The first-order valence-corrected chi connectivity index (χ1v) is 9.13. The van der Waals surface area contributed by atoms with E-state index < -0.39 is 18.7 Å². The van der Waals surface area contributed by atoms with Crippen LogP contribution in [0.15, 0.2) is 54.6 Å². The van der Waals surface area contributed by atoms with Gasteiger partial charge in [0.1, 0.15) is 11.5 Å². The van der Waals surface area contributed by atoms with Crippen LogP contribution in [-0.4, -0.2) is 30.4 Å². The van der Waals surface area contributed by atoms with Gasteiger partial charge in [-0.25, -0.2) is 0 Å². The summed E-state index contributed by atoms with van der Waals surface area (Å²) in [5, 5.41) is 2.65. The summed E-state index contributed by atoms with van der Waals surface area (Å²) in [5.74, 6) is 0.229. The zero-order valence-electron chi connectivity index (χ0n) is 16.7. The molecule has 0 bridgehead atoms. The summed E-state index contributed by atoms with van der Waals surface area (Å²) in [6, 6.07) is 15.1. The number of halogens is 3. The Morgan fingerprint density at radius 2 is 1.73 bits per heavy atom. The van der Waals surface area contributed by atoms with Crippen LogP contribution in [0, 0.1) is 13.8 Å². The normalized spacial score (nSPS) is 11.3. The largest absolute Gasteiger partial charge is 0.497 e. The molecule has 30 heavy (non-hydrogen) atoms. The van der Waals surface area contributed by atoms with E-state index in [9.17, 15) is 18.0 Å². The third-order valence-corrected chi connectivity index (χ3v) is 4.53. The van der Waals surface area contributed by atoms with E-state index in [1.807, 2.05) is 35.8 Å². The van der Waals surface area contributed by atoms with Gasteiger partial charge in [0.15, 0.2) is 6.61 Å². The maximum atomic E-state index is 12.9. The van der Waals surface area contributed by atoms with Gasteiger partial charge in [-0.3, -0.25) is 4.79 Å². The smallest absolute Gasteiger partial charge is 0.422 e. The molecule has 1 N–H and O–H groups in total. The van der Waals surface area contributed by atoms with E-state index >= 15 is 0 Å². The lowest BCUT2D eigenvalue weighted by molar-refractivity contribution is -0.153. The minimum absolute atomic E-state index is 0.0489. The fraction of sp³-hybridized carbons (Fsp3) is 0.227. The molecular formula is C22H21F3N2O3. The SMILES string of the molecule is COc1ccc(-n2c(C)cc(C(=O)Nc3ccccc3OCC(F)(F)F)c2C)cc1. The van der Waals surface area contributed by atoms with Crippen LogP contribution in [0.2, 0.25) is 0 Å². The van der Waals surface area contributed by atoms with Gasteiger partial charge >= 0.3 is 6.18 Å². The van der Waals surface area contributed by atoms with Crippen molar-refractivity contribution >= 4 is 11.6 Å². The molecule has 0 saturated heterocycles. The van der Waals surface area contributed by atoms with Crippen molar-refractivity contribution in [1.82, 2.24) is 4.57 Å². The number of amides is 1. The number of aryl methyl sites for hydroxylation is 1. The number of alkyl halides is 3. The third kappa shape index (κ3) is 4.76. The molecule has 3 aromatic rings. The molecular weight excluding hydrogens is 397 g/mol. The van der Waals surface area contributed by atoms with Gasteiger partial charge in [0.05, 0.1) is 18.4 Å². The average molecular weight is 418 g/mol. The lowest BCUT2D eigenvalue weighted by atomic mass is 10.2. The first-order chi connectivity index (χ1) is 14.2. The van der Waals surface area contributed by atoms with Crippen LogP contribution >= 0.6 is 0 Å². The summed E-state index contributed by atoms with van der Waals surface area (Å²) in [4.78, 5) is 12.9. The van der Waals surface area contributed by atoms with Gasteiger partial charge < -0.3 is 19.4 Å². The van der Waals surface area contributed by atoms with Gasteiger partial charge in [0, 0.05) is 17.1 Å². The van der Waals surface area contributed by atoms with E-state index in [-0.39, 0.29) is 11.4 Å². The zero-order valence-corrected chi connectivity index (χ0v) is 16.7. The summed E-state index contributed by atoms with van der Waals surface area (Å²) in [7, 11) is 1.58. The molecule has 8 heteroatoms. The van der Waals surface area contributed by atoms with E-state index in [2.05, 4.69) is 5.32 Å². The summed E-state index contributed by atoms with van der Waals surface area (Å²) < 4.78 is 49.4. The Morgan fingerprint density at radius 1 is 1.07 bits per heavy atom. The number of methoxy groups -OCH3 is 1. The summed E-state index contributed by atoms with van der Waals surface area (Å²) >= 11 is 0. The van der Waals surface area contributed by atoms with Crippen molar-refractivity contribution < 1.29 is 27.4 Å². The van der Waals surface area contributed by atoms with E-state index in [0.717, 1.165) is 17.1 Å². The van der Waals surface area contributed by atoms with Crippen molar-refractivity contribution in [3.63, 3.8) is 0 Å². The highest BCUT2D eigenvalue weighted by Crippen LogP contribution is 2.28. The van der Waals surface area contributed by atoms with Crippen molar-refractivity contribution in [2.24, 2.45) is 0 Å².